The molecule has 0 spiro atoms. The van der Waals surface area contributed by atoms with Gasteiger partial charge in [-0.15, -0.1) is 0 Å². The van der Waals surface area contributed by atoms with E-state index < -0.39 is 0 Å². The van der Waals surface area contributed by atoms with Gasteiger partial charge in [0.1, 0.15) is 5.76 Å². The lowest BCUT2D eigenvalue weighted by molar-refractivity contribution is -0.113. The smallest absolute Gasteiger partial charge is 0.227 e. The van der Waals surface area contributed by atoms with E-state index in [1.54, 1.807) is 12.2 Å². The van der Waals surface area contributed by atoms with E-state index >= 15 is 0 Å². The number of allylic oxidation sites excluding steroid dienone is 2. The summed E-state index contributed by atoms with van der Waals surface area (Å²) in [7, 11) is 5.81. The van der Waals surface area contributed by atoms with Gasteiger partial charge in [-0.3, -0.25) is 4.79 Å². The molecule has 2 rings (SSSR count). The molecule has 0 fully saturated rings. The van der Waals surface area contributed by atoms with Crippen LogP contribution in [0.3, 0.4) is 0 Å². The molecular weight excluding hydrogens is 374 g/mol. The summed E-state index contributed by atoms with van der Waals surface area (Å²) >= 11 is 2.16. The summed E-state index contributed by atoms with van der Waals surface area (Å²) in [4.78, 5) is 12.3. The van der Waals surface area contributed by atoms with Crippen LogP contribution in [0.15, 0.2) is 54.0 Å². The van der Waals surface area contributed by atoms with Gasteiger partial charge in [-0.05, 0) is 33.5 Å². The molecule has 1 aromatic rings. The van der Waals surface area contributed by atoms with Gasteiger partial charge in [0.2, 0.25) is 5.78 Å². The van der Waals surface area contributed by atoms with Gasteiger partial charge in [0.25, 0.3) is 0 Å². The number of ketones is 1. The van der Waals surface area contributed by atoms with Gasteiger partial charge in [0, 0.05) is 5.57 Å². The molecule has 2 nitrogen and oxygen atoms in total. The number of Topliss-reactive ketones (excluding diaryl/α,β-unsaturated/α-hetero) is 1. The highest BCUT2D eigenvalue weighted by Gasteiger charge is 2.27. The quantitative estimate of drug-likeness (QED) is 0.321. The van der Waals surface area contributed by atoms with Crippen molar-refractivity contribution in [2.24, 2.45) is 0 Å². The molecule has 0 aromatic heterocycles. The van der Waals surface area contributed by atoms with E-state index in [0.29, 0.717) is 23.5 Å². The molecule has 1 aliphatic rings. The minimum absolute atomic E-state index is 0.0288. The van der Waals surface area contributed by atoms with E-state index in [-0.39, 0.29) is 9.61 Å². The predicted molar refractivity (Wildman–Crippen MR) is 95.2 cm³/mol. The topological polar surface area (TPSA) is 26.3 Å². The monoisotopic (exact) mass is 390 g/mol. The van der Waals surface area contributed by atoms with Crippen LogP contribution in [-0.4, -0.2) is 13.6 Å². The number of ether oxygens (including phenoxy) is 1. The first-order valence-corrected chi connectivity index (χ1v) is 8.10. The second-order valence-electron chi connectivity index (χ2n) is 4.81. The summed E-state index contributed by atoms with van der Waals surface area (Å²) in [5.41, 5.74) is 2.68. The summed E-state index contributed by atoms with van der Waals surface area (Å²) in [5, 5.41) is 0. The molecule has 1 aromatic carbocycles. The zero-order chi connectivity index (χ0) is 15.4. The van der Waals surface area contributed by atoms with Gasteiger partial charge in [0.15, 0.2) is 5.76 Å². The minimum Gasteiger partial charge on any atom is -0.453 e. The maximum atomic E-state index is 12.3. The van der Waals surface area contributed by atoms with E-state index in [4.69, 9.17) is 12.6 Å². The van der Waals surface area contributed by atoms with Gasteiger partial charge in [-0.25, -0.2) is 0 Å². The lowest BCUT2D eigenvalue weighted by Crippen LogP contribution is -2.00. The van der Waals surface area contributed by atoms with Crippen molar-refractivity contribution in [2.45, 2.75) is 23.6 Å². The van der Waals surface area contributed by atoms with Crippen molar-refractivity contribution < 1.29 is 9.53 Å². The first-order chi connectivity index (χ1) is 10.1. The van der Waals surface area contributed by atoms with Gasteiger partial charge < -0.3 is 4.74 Å². The van der Waals surface area contributed by atoms with Crippen molar-refractivity contribution in [3.8, 4) is 0 Å². The summed E-state index contributed by atoms with van der Waals surface area (Å²) in [6.45, 7) is 5.74. The Morgan fingerprint density at radius 2 is 2.05 bits per heavy atom. The molecular formula is C17H16BIO2. The predicted octanol–water partition coefficient (Wildman–Crippen LogP) is 4.47. The fourth-order valence-electron chi connectivity index (χ4n) is 2.16. The average Bonchev–Trinajstić information content (AvgIpc) is 2.77. The molecule has 1 unspecified atom stereocenters. The average molecular weight is 390 g/mol. The molecule has 4 heteroatoms. The highest BCUT2D eigenvalue weighted by molar-refractivity contribution is 14.1. The van der Waals surface area contributed by atoms with Crippen molar-refractivity contribution in [1.82, 2.24) is 0 Å². The Labute approximate surface area is 140 Å². The van der Waals surface area contributed by atoms with Crippen LogP contribution in [0.1, 0.15) is 34.7 Å². The van der Waals surface area contributed by atoms with E-state index in [9.17, 15) is 4.79 Å². The highest BCUT2D eigenvalue weighted by atomic mass is 127. The standard InChI is InChI=1S/C17H16BIO2/c1-3-5-13-14(4-2)21-15(16(13)20)10-11-6-8-12(9-7-11)17(18)19/h4,6-10,17H,2-3,5H2,1H3/b15-10-. The SMILES string of the molecule is [B]C(I)c1ccc(/C=C2\OC(C=C)=C(CCC)C2=O)cc1. The van der Waals surface area contributed by atoms with Gasteiger partial charge in [0.05, 0.1) is 7.85 Å². The first-order valence-electron chi connectivity index (χ1n) is 6.86. The fraction of sp³-hybridized carbons (Fsp3) is 0.235. The third-order valence-corrected chi connectivity index (χ3v) is 3.97. The Hall–Kier alpha value is -1.30. The summed E-state index contributed by atoms with van der Waals surface area (Å²) in [5.74, 6) is 0.903. The van der Waals surface area contributed by atoms with Crippen LogP contribution in [0.4, 0.5) is 0 Å². The number of halogens is 1. The summed E-state index contributed by atoms with van der Waals surface area (Å²) < 4.78 is 5.59. The van der Waals surface area contributed by atoms with Crippen LogP contribution in [0.2, 0.25) is 0 Å². The molecule has 0 saturated heterocycles. The maximum Gasteiger partial charge on any atom is 0.227 e. The van der Waals surface area contributed by atoms with Crippen molar-refractivity contribution in [1.29, 1.82) is 0 Å². The van der Waals surface area contributed by atoms with Crippen LogP contribution < -0.4 is 0 Å². The maximum absolute atomic E-state index is 12.3. The summed E-state index contributed by atoms with van der Waals surface area (Å²) in [6, 6.07) is 7.78. The zero-order valence-electron chi connectivity index (χ0n) is 11.9. The Morgan fingerprint density at radius 3 is 2.57 bits per heavy atom. The van der Waals surface area contributed by atoms with Crippen molar-refractivity contribution in [2.75, 3.05) is 0 Å². The lowest BCUT2D eigenvalue weighted by Gasteiger charge is -2.04. The molecule has 106 valence electrons. The zero-order valence-corrected chi connectivity index (χ0v) is 14.1. The van der Waals surface area contributed by atoms with Crippen molar-refractivity contribution in [3.63, 3.8) is 0 Å². The number of carbonyl (C=O) groups is 1. The molecule has 0 bridgehead atoms. The van der Waals surface area contributed by atoms with E-state index in [1.807, 2.05) is 31.2 Å². The molecule has 0 aliphatic carbocycles. The molecule has 0 N–H and O–H groups in total. The normalized spacial score (nSPS) is 18.0. The van der Waals surface area contributed by atoms with Crippen LogP contribution in [0, 0.1) is 0 Å². The fourth-order valence-corrected chi connectivity index (χ4v) is 2.58. The Morgan fingerprint density at radius 1 is 1.38 bits per heavy atom. The number of rotatable bonds is 5. The van der Waals surface area contributed by atoms with E-state index in [1.165, 1.54) is 0 Å². The van der Waals surface area contributed by atoms with Crippen LogP contribution >= 0.6 is 22.6 Å². The molecule has 1 aliphatic heterocycles. The molecule has 1 heterocycles. The Bertz CT molecular complexity index is 612. The number of benzene rings is 1. The van der Waals surface area contributed by atoms with Crippen molar-refractivity contribution in [3.05, 3.63) is 65.1 Å². The molecule has 2 radical (unpaired) electrons. The highest BCUT2D eigenvalue weighted by Crippen LogP contribution is 2.30. The molecule has 0 saturated carbocycles. The third-order valence-electron chi connectivity index (χ3n) is 3.25. The van der Waals surface area contributed by atoms with E-state index in [0.717, 1.165) is 17.5 Å². The minimum atomic E-state index is -0.0404. The third kappa shape index (κ3) is 3.67. The van der Waals surface area contributed by atoms with Crippen LogP contribution in [-0.2, 0) is 9.53 Å². The largest absolute Gasteiger partial charge is 0.453 e. The van der Waals surface area contributed by atoms with Gasteiger partial charge in [-0.2, -0.15) is 0 Å². The van der Waals surface area contributed by atoms with E-state index in [2.05, 4.69) is 29.2 Å². The summed E-state index contributed by atoms with van der Waals surface area (Å²) in [6.07, 6.45) is 4.97. The van der Waals surface area contributed by atoms with Crippen LogP contribution in [0.25, 0.3) is 6.08 Å². The number of hydrogen-bond donors (Lipinski definition) is 0. The number of carbonyl (C=O) groups excluding carboxylic acids is 1. The molecule has 0 amide bonds. The van der Waals surface area contributed by atoms with Crippen molar-refractivity contribution >= 4 is 42.3 Å². The number of alkyl halides is 1. The second kappa shape index (κ2) is 7.12. The van der Waals surface area contributed by atoms with Crippen LogP contribution in [0.5, 0.6) is 0 Å². The number of hydrogen-bond acceptors (Lipinski definition) is 2. The molecule has 21 heavy (non-hydrogen) atoms. The molecule has 1 atom stereocenters. The van der Waals surface area contributed by atoms with Gasteiger partial charge >= 0.3 is 0 Å². The second-order valence-corrected chi connectivity index (χ2v) is 6.15. The Kier molecular flexibility index (Phi) is 5.45. The van der Waals surface area contributed by atoms with Gasteiger partial charge in [-0.1, -0.05) is 66.8 Å². The lowest BCUT2D eigenvalue weighted by atomic mass is 9.96. The first kappa shape index (κ1) is 16.1. The Balaban J connectivity index is 2.23.